The second kappa shape index (κ2) is 9.45. The lowest BCUT2D eigenvalue weighted by atomic mass is 10.2. The molecule has 0 aromatic heterocycles. The van der Waals surface area contributed by atoms with Gasteiger partial charge in [0.15, 0.2) is 18.1 Å². The quantitative estimate of drug-likeness (QED) is 0.636. The summed E-state index contributed by atoms with van der Waals surface area (Å²) in [6, 6.07) is 11.9. The van der Waals surface area contributed by atoms with Crippen LogP contribution in [-0.2, 0) is 20.9 Å². The van der Waals surface area contributed by atoms with Crippen molar-refractivity contribution in [3.8, 4) is 17.2 Å². The minimum Gasteiger partial charge on any atom is -0.497 e. The van der Waals surface area contributed by atoms with Crippen LogP contribution in [0.4, 0.5) is 0 Å². The first-order valence-electron chi connectivity index (χ1n) is 8.78. The average molecular weight is 400 g/mol. The van der Waals surface area contributed by atoms with Crippen LogP contribution in [0.25, 0.3) is 0 Å². The van der Waals surface area contributed by atoms with Gasteiger partial charge in [0.05, 0.1) is 7.11 Å². The van der Waals surface area contributed by atoms with Crippen molar-refractivity contribution in [3.63, 3.8) is 0 Å². The van der Waals surface area contributed by atoms with Crippen LogP contribution >= 0.6 is 0 Å². The van der Waals surface area contributed by atoms with E-state index in [-0.39, 0.29) is 19.9 Å². The van der Waals surface area contributed by atoms with Gasteiger partial charge in [0.25, 0.3) is 11.8 Å². The van der Waals surface area contributed by atoms with E-state index in [0.29, 0.717) is 22.8 Å². The van der Waals surface area contributed by atoms with Crippen LogP contribution in [0.5, 0.6) is 17.2 Å². The van der Waals surface area contributed by atoms with E-state index in [4.69, 9.17) is 18.9 Å². The van der Waals surface area contributed by atoms with Gasteiger partial charge in [-0.15, -0.1) is 0 Å². The van der Waals surface area contributed by atoms with Crippen molar-refractivity contribution in [2.24, 2.45) is 0 Å². The van der Waals surface area contributed by atoms with E-state index >= 15 is 0 Å². The van der Waals surface area contributed by atoms with Crippen LogP contribution < -0.4 is 24.8 Å². The largest absolute Gasteiger partial charge is 0.497 e. The third kappa shape index (κ3) is 5.61. The van der Waals surface area contributed by atoms with Crippen molar-refractivity contribution in [1.29, 1.82) is 0 Å². The van der Waals surface area contributed by atoms with E-state index in [2.05, 4.69) is 10.6 Å². The Hall–Kier alpha value is -3.75. The molecule has 0 unspecified atom stereocenters. The smallest absolute Gasteiger partial charge is 0.325 e. The Labute approximate surface area is 166 Å². The lowest BCUT2D eigenvalue weighted by molar-refractivity contribution is -0.147. The molecule has 1 heterocycles. The van der Waals surface area contributed by atoms with Crippen molar-refractivity contribution in [3.05, 3.63) is 53.6 Å². The second-order valence-electron chi connectivity index (χ2n) is 6.04. The zero-order chi connectivity index (χ0) is 20.6. The average Bonchev–Trinajstić information content (AvgIpc) is 3.22. The highest BCUT2D eigenvalue weighted by molar-refractivity contribution is 5.96. The van der Waals surface area contributed by atoms with E-state index in [1.807, 2.05) is 12.1 Å². The number of rotatable bonds is 8. The summed E-state index contributed by atoms with van der Waals surface area (Å²) in [6.45, 7) is -0.430. The first-order chi connectivity index (χ1) is 14.0. The molecule has 0 atom stereocenters. The summed E-state index contributed by atoms with van der Waals surface area (Å²) in [5, 5.41) is 5.06. The molecule has 2 aromatic rings. The molecule has 0 spiro atoms. The van der Waals surface area contributed by atoms with Crippen molar-refractivity contribution in [2.45, 2.75) is 6.54 Å². The van der Waals surface area contributed by atoms with Crippen LogP contribution in [0.1, 0.15) is 15.9 Å². The summed E-state index contributed by atoms with van der Waals surface area (Å²) in [5.74, 6) is 0.0526. The summed E-state index contributed by atoms with van der Waals surface area (Å²) in [4.78, 5) is 35.7. The fourth-order valence-electron chi connectivity index (χ4n) is 2.52. The molecular formula is C20H20N2O7. The molecule has 152 valence electrons. The number of methoxy groups -OCH3 is 1. The molecule has 9 nitrogen and oxygen atoms in total. The topological polar surface area (TPSA) is 112 Å². The normalized spacial score (nSPS) is 11.5. The zero-order valence-corrected chi connectivity index (χ0v) is 15.7. The van der Waals surface area contributed by atoms with Gasteiger partial charge in [0.1, 0.15) is 12.3 Å². The van der Waals surface area contributed by atoms with Crippen LogP contribution in [-0.4, -0.2) is 44.8 Å². The Morgan fingerprint density at radius 2 is 1.86 bits per heavy atom. The van der Waals surface area contributed by atoms with E-state index in [1.54, 1.807) is 31.4 Å². The van der Waals surface area contributed by atoms with Gasteiger partial charge in [-0.3, -0.25) is 14.4 Å². The van der Waals surface area contributed by atoms with Crippen molar-refractivity contribution < 1.29 is 33.3 Å². The molecular weight excluding hydrogens is 380 g/mol. The van der Waals surface area contributed by atoms with Gasteiger partial charge in [-0.25, -0.2) is 0 Å². The van der Waals surface area contributed by atoms with E-state index in [9.17, 15) is 14.4 Å². The number of carbonyl (C=O) groups is 3. The molecule has 3 rings (SSSR count). The van der Waals surface area contributed by atoms with Gasteiger partial charge in [0, 0.05) is 12.1 Å². The molecule has 0 aliphatic carbocycles. The number of hydrogen-bond donors (Lipinski definition) is 2. The molecule has 1 aliphatic rings. The van der Waals surface area contributed by atoms with Gasteiger partial charge in [-0.1, -0.05) is 12.1 Å². The summed E-state index contributed by atoms with van der Waals surface area (Å²) in [5.41, 5.74) is 1.16. The van der Waals surface area contributed by atoms with E-state index in [1.165, 1.54) is 6.07 Å². The molecule has 0 saturated carbocycles. The maximum absolute atomic E-state index is 12.1. The Morgan fingerprint density at radius 3 is 2.69 bits per heavy atom. The maximum Gasteiger partial charge on any atom is 0.325 e. The number of hydrogen-bond acceptors (Lipinski definition) is 7. The summed E-state index contributed by atoms with van der Waals surface area (Å²) in [6.07, 6.45) is 0. The number of benzene rings is 2. The molecule has 0 fully saturated rings. The van der Waals surface area contributed by atoms with Gasteiger partial charge in [-0.05, 0) is 35.9 Å². The first kappa shape index (κ1) is 20.0. The van der Waals surface area contributed by atoms with E-state index < -0.39 is 24.4 Å². The molecule has 0 radical (unpaired) electrons. The van der Waals surface area contributed by atoms with Crippen LogP contribution in [0, 0.1) is 0 Å². The number of carbonyl (C=O) groups excluding carboxylic acids is 3. The van der Waals surface area contributed by atoms with Crippen LogP contribution in [0.2, 0.25) is 0 Å². The predicted molar refractivity (Wildman–Crippen MR) is 101 cm³/mol. The number of nitrogens with one attached hydrogen (secondary N) is 2. The molecule has 2 amide bonds. The van der Waals surface area contributed by atoms with Crippen LogP contribution in [0.15, 0.2) is 42.5 Å². The van der Waals surface area contributed by atoms with E-state index in [0.717, 1.165) is 5.56 Å². The minimum atomic E-state index is -0.726. The number of ether oxygens (including phenoxy) is 4. The predicted octanol–water partition coefficient (Wildman–Crippen LogP) is 1.01. The molecule has 2 N–H and O–H groups in total. The molecule has 29 heavy (non-hydrogen) atoms. The summed E-state index contributed by atoms with van der Waals surface area (Å²) in [7, 11) is 1.56. The molecule has 1 aliphatic heterocycles. The van der Waals surface area contributed by atoms with Gasteiger partial charge in [-0.2, -0.15) is 0 Å². The Kier molecular flexibility index (Phi) is 6.51. The fourth-order valence-corrected chi connectivity index (χ4v) is 2.52. The highest BCUT2D eigenvalue weighted by atomic mass is 16.7. The van der Waals surface area contributed by atoms with Gasteiger partial charge in [0.2, 0.25) is 6.79 Å². The zero-order valence-electron chi connectivity index (χ0n) is 15.7. The number of fused-ring (bicyclic) bond motifs is 1. The monoisotopic (exact) mass is 400 g/mol. The number of amides is 2. The summed E-state index contributed by atoms with van der Waals surface area (Å²) < 4.78 is 20.3. The second-order valence-corrected chi connectivity index (χ2v) is 6.04. The molecule has 0 bridgehead atoms. The molecule has 2 aromatic carbocycles. The number of esters is 1. The molecule has 0 saturated heterocycles. The van der Waals surface area contributed by atoms with Gasteiger partial charge < -0.3 is 29.6 Å². The lowest BCUT2D eigenvalue weighted by Crippen LogP contribution is -2.33. The standard InChI is InChI=1S/C20H20N2O7/c1-26-15-4-2-3-13(7-15)9-21-18(23)11-27-19(24)10-22-20(25)14-5-6-16-17(8-14)29-12-28-16/h2-8H,9-12H2,1H3,(H,21,23)(H,22,25). The lowest BCUT2D eigenvalue weighted by Gasteiger charge is -2.09. The minimum absolute atomic E-state index is 0.104. The maximum atomic E-state index is 12.1. The highest BCUT2D eigenvalue weighted by Crippen LogP contribution is 2.32. The van der Waals surface area contributed by atoms with Crippen molar-refractivity contribution in [1.82, 2.24) is 10.6 Å². The molecule has 9 heteroatoms. The van der Waals surface area contributed by atoms with Crippen molar-refractivity contribution >= 4 is 17.8 Å². The van der Waals surface area contributed by atoms with Crippen molar-refractivity contribution in [2.75, 3.05) is 27.1 Å². The van der Waals surface area contributed by atoms with Crippen LogP contribution in [0.3, 0.4) is 0 Å². The first-order valence-corrected chi connectivity index (χ1v) is 8.78. The highest BCUT2D eigenvalue weighted by Gasteiger charge is 2.17. The SMILES string of the molecule is COc1cccc(CNC(=O)COC(=O)CNC(=O)c2ccc3c(c2)OCO3)c1. The Morgan fingerprint density at radius 1 is 1.03 bits per heavy atom. The third-order valence-electron chi connectivity index (χ3n) is 4.02. The Bertz CT molecular complexity index is 913. The fraction of sp³-hybridized carbons (Fsp3) is 0.250. The third-order valence-corrected chi connectivity index (χ3v) is 4.02. The van der Waals surface area contributed by atoms with Gasteiger partial charge >= 0.3 is 5.97 Å². The summed E-state index contributed by atoms with van der Waals surface area (Å²) >= 11 is 0. The Balaban J connectivity index is 1.37.